The number of para-hydroxylation sites is 1. The van der Waals surface area contributed by atoms with E-state index in [1.54, 1.807) is 0 Å². The number of fused-ring (bicyclic) bond motifs is 1. The second-order valence-corrected chi connectivity index (χ2v) is 4.31. The van der Waals surface area contributed by atoms with Gasteiger partial charge in [0.05, 0.1) is 6.61 Å². The van der Waals surface area contributed by atoms with Gasteiger partial charge in [0.1, 0.15) is 16.4 Å². The van der Waals surface area contributed by atoms with Gasteiger partial charge in [-0.05, 0) is 31.0 Å². The molecule has 90 valence electrons. The highest BCUT2D eigenvalue weighted by Gasteiger charge is 2.08. The maximum Gasteiger partial charge on any atom is 0.145 e. The lowest BCUT2D eigenvalue weighted by Crippen LogP contribution is -1.95. The van der Waals surface area contributed by atoms with E-state index in [2.05, 4.69) is 18.0 Å². The van der Waals surface area contributed by atoms with E-state index < -0.39 is 0 Å². The fourth-order valence-corrected chi connectivity index (χ4v) is 2.14. The molecule has 0 fully saturated rings. The normalized spacial score (nSPS) is 10.8. The molecule has 0 radical (unpaired) electrons. The van der Waals surface area contributed by atoms with Crippen molar-refractivity contribution in [3.8, 4) is 5.75 Å². The average molecular weight is 250 g/mol. The number of benzene rings is 1. The van der Waals surface area contributed by atoms with Gasteiger partial charge in [-0.15, -0.1) is 0 Å². The van der Waals surface area contributed by atoms with Crippen LogP contribution < -0.4 is 4.74 Å². The van der Waals surface area contributed by atoms with Crippen LogP contribution in [0.3, 0.4) is 0 Å². The third-order valence-corrected chi connectivity index (χ3v) is 2.98. The summed E-state index contributed by atoms with van der Waals surface area (Å²) in [5, 5.41) is 1.68. The predicted octanol–water partition coefficient (Wildman–Crippen LogP) is 4.24. The molecule has 2 nitrogen and oxygen atoms in total. The SMILES string of the molecule is CCCc1cc2cccc(OCC)c2nc1Cl. The number of hydrogen-bond donors (Lipinski definition) is 0. The van der Waals surface area contributed by atoms with Gasteiger partial charge in [0.25, 0.3) is 0 Å². The Bertz CT molecular complexity index is 525. The fraction of sp³-hybridized carbons (Fsp3) is 0.357. The molecule has 0 N–H and O–H groups in total. The molecule has 0 bridgehead atoms. The Kier molecular flexibility index (Phi) is 3.85. The number of hydrogen-bond acceptors (Lipinski definition) is 2. The predicted molar refractivity (Wildman–Crippen MR) is 71.9 cm³/mol. The molecule has 0 unspecified atom stereocenters. The van der Waals surface area contributed by atoms with Gasteiger partial charge >= 0.3 is 0 Å². The molecule has 0 aliphatic heterocycles. The Labute approximate surface area is 107 Å². The standard InChI is InChI=1S/C14H16ClNO/c1-3-6-11-9-10-7-5-8-12(17-4-2)13(10)16-14(11)15/h5,7-9H,3-4,6H2,1-2H3. The average Bonchev–Trinajstić information content (AvgIpc) is 2.32. The van der Waals surface area contributed by atoms with Gasteiger partial charge in [0.15, 0.2) is 0 Å². The van der Waals surface area contributed by atoms with Crippen LogP contribution in [0, 0.1) is 0 Å². The lowest BCUT2D eigenvalue weighted by Gasteiger charge is -2.09. The smallest absolute Gasteiger partial charge is 0.145 e. The molecule has 0 aliphatic rings. The van der Waals surface area contributed by atoms with E-state index >= 15 is 0 Å². The number of halogens is 1. The van der Waals surface area contributed by atoms with Gasteiger partial charge in [0, 0.05) is 5.39 Å². The Morgan fingerprint density at radius 3 is 2.82 bits per heavy atom. The second-order valence-electron chi connectivity index (χ2n) is 3.95. The van der Waals surface area contributed by atoms with E-state index in [0.29, 0.717) is 11.8 Å². The van der Waals surface area contributed by atoms with E-state index in [4.69, 9.17) is 16.3 Å². The first-order valence-corrected chi connectivity index (χ1v) is 6.35. The molecule has 17 heavy (non-hydrogen) atoms. The molecule has 3 heteroatoms. The van der Waals surface area contributed by atoms with Gasteiger partial charge in [-0.1, -0.05) is 37.1 Å². The van der Waals surface area contributed by atoms with Crippen molar-refractivity contribution in [3.63, 3.8) is 0 Å². The summed E-state index contributed by atoms with van der Waals surface area (Å²) in [5.41, 5.74) is 1.95. The van der Waals surface area contributed by atoms with Gasteiger partial charge in [-0.3, -0.25) is 0 Å². The summed E-state index contributed by atoms with van der Waals surface area (Å²) in [4.78, 5) is 4.45. The minimum absolute atomic E-state index is 0.589. The zero-order chi connectivity index (χ0) is 12.3. The third kappa shape index (κ3) is 2.52. The molecule has 0 atom stereocenters. The molecular weight excluding hydrogens is 234 g/mol. The first kappa shape index (κ1) is 12.2. The number of nitrogens with zero attached hydrogens (tertiary/aromatic N) is 1. The largest absolute Gasteiger partial charge is 0.492 e. The fourth-order valence-electron chi connectivity index (χ4n) is 1.91. The van der Waals surface area contributed by atoms with E-state index in [-0.39, 0.29) is 0 Å². The van der Waals surface area contributed by atoms with E-state index in [1.165, 1.54) is 0 Å². The lowest BCUT2D eigenvalue weighted by atomic mass is 10.1. The van der Waals surface area contributed by atoms with Crippen molar-refractivity contribution in [2.75, 3.05) is 6.61 Å². The summed E-state index contributed by atoms with van der Waals surface area (Å²) in [6.07, 6.45) is 2.03. The van der Waals surface area contributed by atoms with Crippen LogP contribution in [0.4, 0.5) is 0 Å². The Balaban J connectivity index is 2.56. The molecule has 1 aromatic heterocycles. The highest BCUT2D eigenvalue weighted by atomic mass is 35.5. The summed E-state index contributed by atoms with van der Waals surface area (Å²) >= 11 is 6.19. The third-order valence-electron chi connectivity index (χ3n) is 2.65. The zero-order valence-electron chi connectivity index (χ0n) is 10.2. The maximum absolute atomic E-state index is 6.19. The van der Waals surface area contributed by atoms with Gasteiger partial charge in [-0.25, -0.2) is 4.98 Å². The van der Waals surface area contributed by atoms with Crippen LogP contribution >= 0.6 is 11.6 Å². The summed E-state index contributed by atoms with van der Waals surface area (Å²) in [5.74, 6) is 0.801. The van der Waals surface area contributed by atoms with Gasteiger partial charge in [-0.2, -0.15) is 0 Å². The van der Waals surface area contributed by atoms with Crippen LogP contribution in [0.2, 0.25) is 5.15 Å². The maximum atomic E-state index is 6.19. The second kappa shape index (κ2) is 5.37. The highest BCUT2D eigenvalue weighted by molar-refractivity contribution is 6.30. The highest BCUT2D eigenvalue weighted by Crippen LogP contribution is 2.28. The van der Waals surface area contributed by atoms with Crippen molar-refractivity contribution in [1.29, 1.82) is 0 Å². The molecular formula is C14H16ClNO. The van der Waals surface area contributed by atoms with Gasteiger partial charge < -0.3 is 4.74 Å². The summed E-state index contributed by atoms with van der Waals surface area (Å²) in [7, 11) is 0. The first-order valence-electron chi connectivity index (χ1n) is 5.97. The lowest BCUT2D eigenvalue weighted by molar-refractivity contribution is 0.343. The Morgan fingerprint density at radius 1 is 1.29 bits per heavy atom. The van der Waals surface area contributed by atoms with E-state index in [1.807, 2.05) is 25.1 Å². The summed E-state index contributed by atoms with van der Waals surface area (Å²) in [6, 6.07) is 8.06. The number of aryl methyl sites for hydroxylation is 1. The van der Waals surface area contributed by atoms with Crippen LogP contribution in [0.5, 0.6) is 5.75 Å². The number of pyridine rings is 1. The molecule has 0 saturated heterocycles. The van der Waals surface area contributed by atoms with E-state index in [9.17, 15) is 0 Å². The molecule has 0 amide bonds. The van der Waals surface area contributed by atoms with Crippen molar-refractivity contribution >= 4 is 22.5 Å². The summed E-state index contributed by atoms with van der Waals surface area (Å²) in [6.45, 7) is 4.73. The van der Waals surface area contributed by atoms with Crippen molar-refractivity contribution in [3.05, 3.63) is 35.0 Å². The van der Waals surface area contributed by atoms with Crippen molar-refractivity contribution in [2.24, 2.45) is 0 Å². The molecule has 1 aromatic carbocycles. The van der Waals surface area contributed by atoms with Crippen LogP contribution in [0.25, 0.3) is 10.9 Å². The van der Waals surface area contributed by atoms with Crippen LogP contribution in [0.15, 0.2) is 24.3 Å². The first-order chi connectivity index (χ1) is 8.26. The quantitative estimate of drug-likeness (QED) is 0.756. The van der Waals surface area contributed by atoms with Crippen LogP contribution in [0.1, 0.15) is 25.8 Å². The number of ether oxygens (including phenoxy) is 1. The van der Waals surface area contributed by atoms with Crippen molar-refractivity contribution in [1.82, 2.24) is 4.98 Å². The van der Waals surface area contributed by atoms with Crippen molar-refractivity contribution < 1.29 is 4.74 Å². The molecule has 2 rings (SSSR count). The van der Waals surface area contributed by atoms with Crippen LogP contribution in [-0.4, -0.2) is 11.6 Å². The minimum atomic E-state index is 0.589. The molecule has 0 saturated carbocycles. The molecule has 1 heterocycles. The number of rotatable bonds is 4. The monoisotopic (exact) mass is 249 g/mol. The van der Waals surface area contributed by atoms with Crippen molar-refractivity contribution in [2.45, 2.75) is 26.7 Å². The van der Waals surface area contributed by atoms with Gasteiger partial charge in [0.2, 0.25) is 0 Å². The summed E-state index contributed by atoms with van der Waals surface area (Å²) < 4.78 is 5.55. The van der Waals surface area contributed by atoms with E-state index in [0.717, 1.165) is 35.1 Å². The topological polar surface area (TPSA) is 22.1 Å². The number of aromatic nitrogens is 1. The molecule has 2 aromatic rings. The minimum Gasteiger partial charge on any atom is -0.492 e. The zero-order valence-corrected chi connectivity index (χ0v) is 10.9. The molecule has 0 aliphatic carbocycles. The molecule has 0 spiro atoms. The van der Waals surface area contributed by atoms with Crippen LogP contribution in [-0.2, 0) is 6.42 Å². The Hall–Kier alpha value is -1.28. The Morgan fingerprint density at radius 2 is 2.12 bits per heavy atom.